The summed E-state index contributed by atoms with van der Waals surface area (Å²) in [6.07, 6.45) is 0. The minimum Gasteiger partial charge on any atom is -0.360 e. The fourth-order valence-corrected chi connectivity index (χ4v) is 3.23. The topological polar surface area (TPSA) is 58.1 Å². The van der Waals surface area contributed by atoms with Gasteiger partial charge in [0.05, 0.1) is 5.25 Å². The van der Waals surface area contributed by atoms with Crippen LogP contribution in [-0.2, 0) is 4.79 Å². The maximum Gasteiger partial charge on any atom is 0.235 e. The zero-order chi connectivity index (χ0) is 13.7. The second kappa shape index (κ2) is 6.94. The molecule has 1 aromatic rings. The molecule has 0 radical (unpaired) electrons. The third-order valence-corrected chi connectivity index (χ3v) is 4.19. The lowest BCUT2D eigenvalue weighted by molar-refractivity contribution is -0.127. The molecule has 1 heterocycles. The van der Waals surface area contributed by atoms with Crippen molar-refractivity contribution in [1.82, 2.24) is 15.1 Å². The first-order valence-corrected chi connectivity index (χ1v) is 7.55. The molecule has 0 spiro atoms. The van der Waals surface area contributed by atoms with Crippen molar-refractivity contribution >= 4 is 34.1 Å². The van der Waals surface area contributed by atoms with Crippen molar-refractivity contribution in [2.75, 3.05) is 26.0 Å². The van der Waals surface area contributed by atoms with Crippen molar-refractivity contribution in [3.8, 4) is 0 Å². The standard InChI is InChI=1S/C11H20N4OS2/c1-7(2)6-12-10-13-14-11(18-10)17-8(3)9(16)15(4)5/h7-8H,6H2,1-5H3,(H,12,13). The highest BCUT2D eigenvalue weighted by Gasteiger charge is 2.18. The van der Waals surface area contributed by atoms with E-state index in [9.17, 15) is 4.79 Å². The summed E-state index contributed by atoms with van der Waals surface area (Å²) < 4.78 is 0.823. The molecule has 1 amide bonds. The molecule has 1 N–H and O–H groups in total. The SMILES string of the molecule is CC(C)CNc1nnc(SC(C)C(=O)N(C)C)s1. The maximum atomic E-state index is 11.7. The summed E-state index contributed by atoms with van der Waals surface area (Å²) >= 11 is 2.94. The fraction of sp³-hybridized carbons (Fsp3) is 0.727. The first-order chi connectivity index (χ1) is 8.40. The molecule has 18 heavy (non-hydrogen) atoms. The van der Waals surface area contributed by atoms with Crippen molar-refractivity contribution in [2.24, 2.45) is 5.92 Å². The average Bonchev–Trinajstić information content (AvgIpc) is 2.72. The number of hydrogen-bond acceptors (Lipinski definition) is 6. The number of carbonyl (C=O) groups is 1. The molecule has 0 bridgehead atoms. The fourth-order valence-electron chi connectivity index (χ4n) is 1.19. The number of nitrogens with zero attached hydrogens (tertiary/aromatic N) is 3. The highest BCUT2D eigenvalue weighted by Crippen LogP contribution is 2.29. The van der Waals surface area contributed by atoms with E-state index in [1.54, 1.807) is 19.0 Å². The Bertz CT molecular complexity index is 392. The highest BCUT2D eigenvalue weighted by atomic mass is 32.2. The van der Waals surface area contributed by atoms with Gasteiger partial charge in [-0.1, -0.05) is 36.9 Å². The molecular weight excluding hydrogens is 268 g/mol. The third-order valence-electron chi connectivity index (χ3n) is 2.13. The van der Waals surface area contributed by atoms with E-state index in [0.717, 1.165) is 16.0 Å². The third kappa shape index (κ3) is 4.81. The molecular formula is C11H20N4OS2. The van der Waals surface area contributed by atoms with E-state index in [2.05, 4.69) is 29.4 Å². The van der Waals surface area contributed by atoms with E-state index >= 15 is 0 Å². The summed E-state index contributed by atoms with van der Waals surface area (Å²) in [5.74, 6) is 0.658. The number of rotatable bonds is 6. The number of nitrogens with one attached hydrogen (secondary N) is 1. The molecule has 0 aromatic carbocycles. The van der Waals surface area contributed by atoms with Gasteiger partial charge in [0.15, 0.2) is 4.34 Å². The van der Waals surface area contributed by atoms with Crippen LogP contribution in [0, 0.1) is 5.92 Å². The Morgan fingerprint density at radius 2 is 2.06 bits per heavy atom. The van der Waals surface area contributed by atoms with Gasteiger partial charge < -0.3 is 10.2 Å². The second-order valence-electron chi connectivity index (χ2n) is 4.64. The van der Waals surface area contributed by atoms with Crippen LogP contribution in [0.1, 0.15) is 20.8 Å². The van der Waals surface area contributed by atoms with E-state index in [1.807, 2.05) is 6.92 Å². The van der Waals surface area contributed by atoms with Crippen molar-refractivity contribution in [3.63, 3.8) is 0 Å². The van der Waals surface area contributed by atoms with Crippen molar-refractivity contribution in [3.05, 3.63) is 0 Å². The Labute approximate surface area is 116 Å². The van der Waals surface area contributed by atoms with Crippen LogP contribution in [0.2, 0.25) is 0 Å². The van der Waals surface area contributed by atoms with Crippen molar-refractivity contribution in [2.45, 2.75) is 30.4 Å². The monoisotopic (exact) mass is 288 g/mol. The van der Waals surface area contributed by atoms with E-state index in [4.69, 9.17) is 0 Å². The van der Waals surface area contributed by atoms with Crippen LogP contribution < -0.4 is 5.32 Å². The molecule has 0 aliphatic heterocycles. The molecule has 0 saturated heterocycles. The first-order valence-electron chi connectivity index (χ1n) is 5.85. The van der Waals surface area contributed by atoms with Gasteiger partial charge in [0.1, 0.15) is 0 Å². The van der Waals surface area contributed by atoms with Gasteiger partial charge in [-0.25, -0.2) is 0 Å². The molecule has 7 heteroatoms. The van der Waals surface area contributed by atoms with Gasteiger partial charge in [-0.3, -0.25) is 4.79 Å². The number of amides is 1. The number of anilines is 1. The molecule has 0 saturated carbocycles. The summed E-state index contributed by atoms with van der Waals surface area (Å²) in [7, 11) is 3.52. The van der Waals surface area contributed by atoms with Crippen molar-refractivity contribution < 1.29 is 4.79 Å². The molecule has 102 valence electrons. The summed E-state index contributed by atoms with van der Waals surface area (Å²) in [5, 5.41) is 12.0. The lowest BCUT2D eigenvalue weighted by Gasteiger charge is -2.14. The Kier molecular flexibility index (Phi) is 5.87. The largest absolute Gasteiger partial charge is 0.360 e. The highest BCUT2D eigenvalue weighted by molar-refractivity contribution is 8.02. The van der Waals surface area contributed by atoms with E-state index in [0.29, 0.717) is 5.92 Å². The van der Waals surface area contributed by atoms with Gasteiger partial charge >= 0.3 is 0 Å². The Balaban J connectivity index is 2.51. The lowest BCUT2D eigenvalue weighted by atomic mass is 10.2. The average molecular weight is 288 g/mol. The second-order valence-corrected chi connectivity index (χ2v) is 7.21. The molecule has 1 atom stereocenters. The molecule has 0 aliphatic rings. The maximum absolute atomic E-state index is 11.7. The van der Waals surface area contributed by atoms with Gasteiger partial charge in [-0.15, -0.1) is 10.2 Å². The molecule has 0 fully saturated rings. The summed E-state index contributed by atoms with van der Waals surface area (Å²) in [5.41, 5.74) is 0. The van der Waals surface area contributed by atoms with E-state index in [-0.39, 0.29) is 11.2 Å². The van der Waals surface area contributed by atoms with Gasteiger partial charge in [0.25, 0.3) is 0 Å². The summed E-state index contributed by atoms with van der Waals surface area (Å²) in [4.78, 5) is 13.3. The number of hydrogen-bond donors (Lipinski definition) is 1. The predicted octanol–water partition coefficient (Wildman–Crippen LogP) is 2.17. The van der Waals surface area contributed by atoms with Gasteiger partial charge in [0, 0.05) is 20.6 Å². The van der Waals surface area contributed by atoms with Crippen LogP contribution >= 0.6 is 23.1 Å². The quantitative estimate of drug-likeness (QED) is 0.813. The van der Waals surface area contributed by atoms with Gasteiger partial charge in [0.2, 0.25) is 11.0 Å². The van der Waals surface area contributed by atoms with E-state index < -0.39 is 0 Å². The van der Waals surface area contributed by atoms with Gasteiger partial charge in [-0.05, 0) is 12.8 Å². The zero-order valence-corrected chi connectivity index (χ0v) is 13.1. The normalized spacial score (nSPS) is 12.6. The molecule has 1 aromatic heterocycles. The van der Waals surface area contributed by atoms with Crippen LogP contribution in [0.15, 0.2) is 4.34 Å². The van der Waals surface area contributed by atoms with Crippen LogP contribution in [0.3, 0.4) is 0 Å². The first kappa shape index (κ1) is 15.2. The van der Waals surface area contributed by atoms with Crippen LogP contribution in [0.4, 0.5) is 5.13 Å². The number of carbonyl (C=O) groups excluding carboxylic acids is 1. The lowest BCUT2D eigenvalue weighted by Crippen LogP contribution is -2.29. The van der Waals surface area contributed by atoms with Crippen LogP contribution in [0.25, 0.3) is 0 Å². The van der Waals surface area contributed by atoms with Crippen LogP contribution in [0.5, 0.6) is 0 Å². The molecule has 1 unspecified atom stereocenters. The Morgan fingerprint density at radius 1 is 1.39 bits per heavy atom. The minimum atomic E-state index is -0.133. The molecule has 1 rings (SSSR count). The summed E-state index contributed by atoms with van der Waals surface area (Å²) in [6, 6.07) is 0. The number of thioether (sulfide) groups is 1. The molecule has 5 nitrogen and oxygen atoms in total. The Morgan fingerprint density at radius 3 is 2.61 bits per heavy atom. The summed E-state index contributed by atoms with van der Waals surface area (Å²) in [6.45, 7) is 7.05. The smallest absolute Gasteiger partial charge is 0.235 e. The van der Waals surface area contributed by atoms with Gasteiger partial charge in [-0.2, -0.15) is 0 Å². The Hall–Kier alpha value is -0.820. The zero-order valence-electron chi connectivity index (χ0n) is 11.4. The minimum absolute atomic E-state index is 0.0897. The van der Waals surface area contributed by atoms with E-state index in [1.165, 1.54) is 23.1 Å². The van der Waals surface area contributed by atoms with Crippen molar-refractivity contribution in [1.29, 1.82) is 0 Å². The van der Waals surface area contributed by atoms with Crippen LogP contribution in [-0.4, -0.2) is 46.9 Å². The predicted molar refractivity (Wildman–Crippen MR) is 77.2 cm³/mol. The number of aromatic nitrogens is 2. The molecule has 0 aliphatic carbocycles.